The Balaban J connectivity index is 1.74. The van der Waals surface area contributed by atoms with Crippen molar-refractivity contribution in [3.63, 3.8) is 0 Å². The number of carboxylic acids is 1. The molecule has 0 bridgehead atoms. The summed E-state index contributed by atoms with van der Waals surface area (Å²) >= 11 is 1.63. The quantitative estimate of drug-likeness (QED) is 0.407. The van der Waals surface area contributed by atoms with E-state index in [0.717, 1.165) is 44.6 Å². The molecule has 0 amide bonds. The maximum absolute atomic E-state index is 11.5. The molecule has 5 heteroatoms. The summed E-state index contributed by atoms with van der Waals surface area (Å²) in [5, 5.41) is 12.7. The highest BCUT2D eigenvalue weighted by atomic mass is 32.1. The number of hydrogen-bond acceptors (Lipinski definition) is 3. The summed E-state index contributed by atoms with van der Waals surface area (Å²) in [6.45, 7) is 6.22. The predicted octanol–water partition coefficient (Wildman–Crippen LogP) is 5.44. The van der Waals surface area contributed by atoms with Gasteiger partial charge in [0.25, 0.3) is 5.01 Å². The van der Waals surface area contributed by atoms with Gasteiger partial charge in [-0.2, -0.15) is 4.57 Å². The van der Waals surface area contributed by atoms with Crippen molar-refractivity contribution in [3.8, 4) is 0 Å². The van der Waals surface area contributed by atoms with Gasteiger partial charge in [0.05, 0.1) is 0 Å². The van der Waals surface area contributed by atoms with Crippen LogP contribution in [0.5, 0.6) is 0 Å². The first kappa shape index (κ1) is 20.1. The molecule has 152 valence electrons. The fourth-order valence-electron chi connectivity index (χ4n) is 3.80. The Bertz CT molecular complexity index is 1220. The van der Waals surface area contributed by atoms with E-state index >= 15 is 0 Å². The standard InChI is InChI=1S/C25H24N2O2S/c1-3-26(4-2)20-13-9-18(10-14-20)11-16-23-27(17-24(28)29)22-15-12-19-7-5-6-8-21(19)25(22)30-23/h5-16H,3-4,17H2,1-2H3/p+1. The summed E-state index contributed by atoms with van der Waals surface area (Å²) in [5.41, 5.74) is 3.26. The highest BCUT2D eigenvalue weighted by Gasteiger charge is 2.22. The van der Waals surface area contributed by atoms with Crippen LogP contribution >= 0.6 is 11.3 Å². The minimum absolute atomic E-state index is 0.0566. The number of carbonyl (C=O) groups is 1. The maximum Gasteiger partial charge on any atom is 0.370 e. The molecule has 0 aliphatic rings. The highest BCUT2D eigenvalue weighted by molar-refractivity contribution is 7.19. The van der Waals surface area contributed by atoms with Gasteiger partial charge in [0.15, 0.2) is 0 Å². The fourth-order valence-corrected chi connectivity index (χ4v) is 5.00. The van der Waals surface area contributed by atoms with Gasteiger partial charge < -0.3 is 10.0 Å². The average Bonchev–Trinajstić information content (AvgIpc) is 3.11. The summed E-state index contributed by atoms with van der Waals surface area (Å²) in [6, 6.07) is 20.8. The van der Waals surface area contributed by atoms with E-state index in [-0.39, 0.29) is 6.54 Å². The van der Waals surface area contributed by atoms with Gasteiger partial charge in [-0.3, -0.25) is 0 Å². The Morgan fingerprint density at radius 3 is 2.43 bits per heavy atom. The van der Waals surface area contributed by atoms with Crippen LogP contribution in [-0.4, -0.2) is 24.2 Å². The first-order valence-electron chi connectivity index (χ1n) is 10.2. The zero-order chi connectivity index (χ0) is 21.1. The van der Waals surface area contributed by atoms with Gasteiger partial charge in [0.2, 0.25) is 12.1 Å². The van der Waals surface area contributed by atoms with Crippen molar-refractivity contribution in [3.05, 3.63) is 71.2 Å². The minimum Gasteiger partial charge on any atom is -0.477 e. The lowest BCUT2D eigenvalue weighted by Gasteiger charge is -2.20. The summed E-state index contributed by atoms with van der Waals surface area (Å²) < 4.78 is 3.00. The Morgan fingerprint density at radius 2 is 1.73 bits per heavy atom. The largest absolute Gasteiger partial charge is 0.477 e. The molecule has 0 fully saturated rings. The molecule has 30 heavy (non-hydrogen) atoms. The SMILES string of the molecule is CCN(CC)c1ccc(/C=C/c2sc3c4ccccc4ccc3[n+]2CC(=O)O)cc1. The Labute approximate surface area is 180 Å². The van der Waals surface area contributed by atoms with Crippen LogP contribution < -0.4 is 9.47 Å². The molecule has 1 heterocycles. The molecule has 0 atom stereocenters. The first-order chi connectivity index (χ1) is 14.6. The van der Waals surface area contributed by atoms with E-state index in [9.17, 15) is 9.90 Å². The third-order valence-electron chi connectivity index (χ3n) is 5.36. The van der Waals surface area contributed by atoms with Crippen LogP contribution in [0.15, 0.2) is 60.7 Å². The third kappa shape index (κ3) is 3.94. The number of anilines is 1. The smallest absolute Gasteiger partial charge is 0.370 e. The lowest BCUT2D eigenvalue weighted by molar-refractivity contribution is -0.657. The molecule has 1 N–H and O–H groups in total. The lowest BCUT2D eigenvalue weighted by Crippen LogP contribution is -2.39. The average molecular weight is 418 g/mol. The normalized spacial score (nSPS) is 11.5. The van der Waals surface area contributed by atoms with Crippen molar-refractivity contribution >= 4 is 56.1 Å². The molecule has 0 radical (unpaired) electrons. The van der Waals surface area contributed by atoms with E-state index in [1.165, 1.54) is 5.69 Å². The van der Waals surface area contributed by atoms with Crippen LogP contribution in [0.25, 0.3) is 33.1 Å². The molecular weight excluding hydrogens is 392 g/mol. The van der Waals surface area contributed by atoms with Crippen LogP contribution in [-0.2, 0) is 11.3 Å². The van der Waals surface area contributed by atoms with E-state index in [1.807, 2.05) is 28.8 Å². The number of rotatable bonds is 7. The van der Waals surface area contributed by atoms with Crippen LogP contribution in [0.1, 0.15) is 24.4 Å². The van der Waals surface area contributed by atoms with E-state index in [0.29, 0.717) is 0 Å². The number of hydrogen-bond donors (Lipinski definition) is 1. The van der Waals surface area contributed by atoms with Crippen LogP contribution in [0.2, 0.25) is 0 Å². The number of benzene rings is 3. The molecule has 4 nitrogen and oxygen atoms in total. The molecule has 1 aromatic heterocycles. The number of thiazole rings is 1. The number of aliphatic carboxylic acids is 1. The van der Waals surface area contributed by atoms with Gasteiger partial charge >= 0.3 is 5.97 Å². The maximum atomic E-state index is 11.5. The lowest BCUT2D eigenvalue weighted by atomic mass is 10.1. The topological polar surface area (TPSA) is 44.4 Å². The highest BCUT2D eigenvalue weighted by Crippen LogP contribution is 2.30. The van der Waals surface area contributed by atoms with Crippen molar-refractivity contribution in [2.24, 2.45) is 0 Å². The van der Waals surface area contributed by atoms with Crippen LogP contribution in [0.3, 0.4) is 0 Å². The molecule has 0 spiro atoms. The molecule has 3 aromatic carbocycles. The monoisotopic (exact) mass is 417 g/mol. The summed E-state index contributed by atoms with van der Waals surface area (Å²) in [5.74, 6) is -0.842. The molecule has 4 aromatic rings. The fraction of sp³-hybridized carbons (Fsp3) is 0.200. The van der Waals surface area contributed by atoms with Gasteiger partial charge in [0.1, 0.15) is 4.70 Å². The van der Waals surface area contributed by atoms with E-state index < -0.39 is 5.97 Å². The summed E-state index contributed by atoms with van der Waals surface area (Å²) in [7, 11) is 0. The van der Waals surface area contributed by atoms with Gasteiger partial charge in [-0.15, -0.1) is 0 Å². The van der Waals surface area contributed by atoms with E-state index in [4.69, 9.17) is 0 Å². The minimum atomic E-state index is -0.842. The van der Waals surface area contributed by atoms with E-state index in [2.05, 4.69) is 67.3 Å². The molecular formula is C25H25N2O2S+. The summed E-state index contributed by atoms with van der Waals surface area (Å²) in [6.07, 6.45) is 4.08. The van der Waals surface area contributed by atoms with E-state index in [1.54, 1.807) is 11.3 Å². The van der Waals surface area contributed by atoms with Gasteiger partial charge in [-0.25, -0.2) is 4.79 Å². The number of carboxylic acid groups (broad SMARTS) is 1. The van der Waals surface area contributed by atoms with Crippen molar-refractivity contribution in [2.75, 3.05) is 18.0 Å². The Hall–Kier alpha value is -3.18. The van der Waals surface area contributed by atoms with Gasteiger partial charge in [-0.05, 0) is 49.1 Å². The number of fused-ring (bicyclic) bond motifs is 3. The van der Waals surface area contributed by atoms with Crippen molar-refractivity contribution in [2.45, 2.75) is 20.4 Å². The summed E-state index contributed by atoms with van der Waals surface area (Å²) in [4.78, 5) is 13.8. The Kier molecular flexibility index (Phi) is 5.81. The van der Waals surface area contributed by atoms with Crippen molar-refractivity contribution < 1.29 is 14.5 Å². The molecule has 0 unspecified atom stereocenters. The van der Waals surface area contributed by atoms with Crippen molar-refractivity contribution in [1.82, 2.24) is 0 Å². The zero-order valence-electron chi connectivity index (χ0n) is 17.2. The molecule has 0 aliphatic carbocycles. The van der Waals surface area contributed by atoms with Crippen LogP contribution in [0, 0.1) is 0 Å². The Morgan fingerprint density at radius 1 is 1.00 bits per heavy atom. The van der Waals surface area contributed by atoms with Gasteiger partial charge in [-0.1, -0.05) is 47.7 Å². The number of nitrogens with zero attached hydrogens (tertiary/aromatic N) is 2. The zero-order valence-corrected chi connectivity index (χ0v) is 18.0. The third-order valence-corrected chi connectivity index (χ3v) is 6.55. The van der Waals surface area contributed by atoms with Crippen molar-refractivity contribution in [1.29, 1.82) is 0 Å². The van der Waals surface area contributed by atoms with Crippen LogP contribution in [0.4, 0.5) is 5.69 Å². The number of aromatic nitrogens is 1. The molecule has 0 saturated carbocycles. The predicted molar refractivity (Wildman–Crippen MR) is 126 cm³/mol. The molecule has 4 rings (SSSR count). The first-order valence-corrected chi connectivity index (χ1v) is 11.0. The second-order valence-electron chi connectivity index (χ2n) is 7.15. The second-order valence-corrected chi connectivity index (χ2v) is 8.18. The second kappa shape index (κ2) is 8.67. The van der Waals surface area contributed by atoms with Gasteiger partial charge in [0, 0.05) is 36.3 Å². The molecule has 0 saturated heterocycles. The molecule has 0 aliphatic heterocycles.